The van der Waals surface area contributed by atoms with Gasteiger partial charge < -0.3 is 0 Å². The smallest absolute Gasteiger partial charge is 0.0108 e. The summed E-state index contributed by atoms with van der Waals surface area (Å²) >= 11 is 0. The summed E-state index contributed by atoms with van der Waals surface area (Å²) in [7, 11) is 0. The van der Waals surface area contributed by atoms with Crippen LogP contribution in [0.2, 0.25) is 0 Å². The molecule has 0 unspecified atom stereocenters. The van der Waals surface area contributed by atoms with Crippen LogP contribution in [0.5, 0.6) is 0 Å². The van der Waals surface area contributed by atoms with Gasteiger partial charge in [-0.05, 0) is 90.1 Å². The molecule has 21 heavy (non-hydrogen) atoms. The second-order valence-corrected chi connectivity index (χ2v) is 6.15. The Morgan fingerprint density at radius 3 is 2.43 bits per heavy atom. The molecule has 1 aliphatic rings. The van der Waals surface area contributed by atoms with Crippen molar-refractivity contribution in [3.8, 4) is 11.1 Å². The van der Waals surface area contributed by atoms with Gasteiger partial charge in [0.1, 0.15) is 0 Å². The van der Waals surface area contributed by atoms with Crippen LogP contribution in [-0.4, -0.2) is 0 Å². The third kappa shape index (κ3) is 1.97. The first-order chi connectivity index (χ1) is 10.1. The third-order valence-corrected chi connectivity index (χ3v) is 5.22. The molecule has 0 fully saturated rings. The van der Waals surface area contributed by atoms with Crippen LogP contribution in [-0.2, 0) is 19.3 Å². The predicted molar refractivity (Wildman–Crippen MR) is 93.0 cm³/mol. The van der Waals surface area contributed by atoms with Gasteiger partial charge in [-0.2, -0.15) is 0 Å². The Morgan fingerprint density at radius 2 is 1.76 bits per heavy atom. The minimum atomic E-state index is 1.10. The van der Waals surface area contributed by atoms with Gasteiger partial charge in [-0.3, -0.25) is 0 Å². The lowest BCUT2D eigenvalue weighted by Gasteiger charge is -2.28. The molecule has 0 spiro atoms. The minimum absolute atomic E-state index is 1.10. The molecular formula is C21H24. The van der Waals surface area contributed by atoms with Crippen molar-refractivity contribution in [2.24, 2.45) is 0 Å². The van der Waals surface area contributed by atoms with Crippen LogP contribution in [0.1, 0.15) is 45.9 Å². The summed E-state index contributed by atoms with van der Waals surface area (Å²) in [4.78, 5) is 0. The predicted octanol–water partition coefficient (Wildman–Crippen LogP) is 5.58. The van der Waals surface area contributed by atoms with Crippen LogP contribution in [0.4, 0.5) is 0 Å². The summed E-state index contributed by atoms with van der Waals surface area (Å²) in [6, 6.07) is 6.81. The highest BCUT2D eigenvalue weighted by Crippen LogP contribution is 2.42. The van der Waals surface area contributed by atoms with Crippen molar-refractivity contribution in [1.82, 2.24) is 0 Å². The quantitative estimate of drug-likeness (QED) is 0.671. The van der Waals surface area contributed by atoms with Crippen LogP contribution < -0.4 is 0 Å². The Bertz CT molecular complexity index is 718. The van der Waals surface area contributed by atoms with Crippen LogP contribution in [0.3, 0.4) is 0 Å². The van der Waals surface area contributed by atoms with Crippen molar-refractivity contribution >= 4 is 6.08 Å². The van der Waals surface area contributed by atoms with E-state index >= 15 is 0 Å². The number of hydrogen-bond acceptors (Lipinski definition) is 0. The number of rotatable bonds is 2. The molecule has 0 N–H and O–H groups in total. The number of benzene rings is 2. The molecule has 0 aliphatic heterocycles. The molecule has 0 aromatic heterocycles. The van der Waals surface area contributed by atoms with Crippen molar-refractivity contribution in [3.05, 3.63) is 63.7 Å². The standard InChI is InChI=1S/C21H24/c1-6-16-9-8-10-17-11-12-19-14(4)13(3)18(7-2)15(5)20(19)21(16)17/h7-10H,2,6,11-12H2,1,3-5H3. The second-order valence-electron chi connectivity index (χ2n) is 6.15. The van der Waals surface area contributed by atoms with E-state index in [0.717, 1.165) is 6.42 Å². The highest BCUT2D eigenvalue weighted by atomic mass is 14.3. The summed E-state index contributed by atoms with van der Waals surface area (Å²) in [6.07, 6.45) is 5.46. The van der Waals surface area contributed by atoms with E-state index in [1.807, 2.05) is 6.08 Å². The van der Waals surface area contributed by atoms with Crippen molar-refractivity contribution in [2.75, 3.05) is 0 Å². The molecule has 0 saturated heterocycles. The van der Waals surface area contributed by atoms with Crippen molar-refractivity contribution < 1.29 is 0 Å². The maximum atomic E-state index is 4.04. The van der Waals surface area contributed by atoms with Gasteiger partial charge in [0.05, 0.1) is 0 Å². The van der Waals surface area contributed by atoms with E-state index in [2.05, 4.69) is 52.5 Å². The Labute approximate surface area is 128 Å². The lowest BCUT2D eigenvalue weighted by Crippen LogP contribution is -2.12. The van der Waals surface area contributed by atoms with Crippen molar-refractivity contribution in [1.29, 1.82) is 0 Å². The van der Waals surface area contributed by atoms with Gasteiger partial charge in [0.25, 0.3) is 0 Å². The van der Waals surface area contributed by atoms with Crippen LogP contribution in [0.15, 0.2) is 24.8 Å². The van der Waals surface area contributed by atoms with Gasteiger partial charge in [-0.15, -0.1) is 0 Å². The van der Waals surface area contributed by atoms with E-state index in [9.17, 15) is 0 Å². The Hall–Kier alpha value is -1.82. The molecule has 0 amide bonds. The average Bonchev–Trinajstić information content (AvgIpc) is 2.51. The maximum Gasteiger partial charge on any atom is -0.0108 e. The monoisotopic (exact) mass is 276 g/mol. The molecule has 0 radical (unpaired) electrons. The van der Waals surface area contributed by atoms with Crippen molar-refractivity contribution in [3.63, 3.8) is 0 Å². The highest BCUT2D eigenvalue weighted by Gasteiger charge is 2.24. The first kappa shape index (κ1) is 14.1. The fourth-order valence-corrected chi connectivity index (χ4v) is 3.95. The topological polar surface area (TPSA) is 0 Å². The van der Waals surface area contributed by atoms with Gasteiger partial charge in [0, 0.05) is 0 Å². The molecule has 2 aromatic rings. The average molecular weight is 276 g/mol. The summed E-state index contributed by atoms with van der Waals surface area (Å²) < 4.78 is 0. The van der Waals surface area contributed by atoms with Gasteiger partial charge >= 0.3 is 0 Å². The Morgan fingerprint density at radius 1 is 1.00 bits per heavy atom. The normalized spacial score (nSPS) is 12.8. The van der Waals surface area contributed by atoms with Crippen LogP contribution in [0, 0.1) is 20.8 Å². The Kier molecular flexibility index (Phi) is 3.49. The molecule has 0 heteroatoms. The molecule has 108 valence electrons. The Balaban J connectivity index is 2.44. The zero-order chi connectivity index (χ0) is 15.1. The molecule has 1 aliphatic carbocycles. The van der Waals surface area contributed by atoms with Gasteiger partial charge in [0.2, 0.25) is 0 Å². The van der Waals surface area contributed by atoms with E-state index < -0.39 is 0 Å². The number of aryl methyl sites for hydroxylation is 2. The van der Waals surface area contributed by atoms with Gasteiger partial charge in [0.15, 0.2) is 0 Å². The SMILES string of the molecule is C=Cc1c(C)c(C)c2c(c1C)-c1c(CC)cccc1CC2. The highest BCUT2D eigenvalue weighted by molar-refractivity contribution is 5.83. The van der Waals surface area contributed by atoms with E-state index in [-0.39, 0.29) is 0 Å². The van der Waals surface area contributed by atoms with Crippen molar-refractivity contribution in [2.45, 2.75) is 47.0 Å². The number of hydrogen-bond donors (Lipinski definition) is 0. The molecule has 0 saturated carbocycles. The third-order valence-electron chi connectivity index (χ3n) is 5.22. The lowest BCUT2D eigenvalue weighted by atomic mass is 9.76. The molecule has 0 nitrogen and oxygen atoms in total. The van der Waals surface area contributed by atoms with E-state index in [1.54, 1.807) is 5.56 Å². The lowest BCUT2D eigenvalue weighted by molar-refractivity contribution is 0.915. The van der Waals surface area contributed by atoms with Crippen LogP contribution >= 0.6 is 0 Å². The van der Waals surface area contributed by atoms with E-state index in [4.69, 9.17) is 0 Å². The van der Waals surface area contributed by atoms with E-state index in [1.165, 1.54) is 57.3 Å². The van der Waals surface area contributed by atoms with E-state index in [0.29, 0.717) is 0 Å². The minimum Gasteiger partial charge on any atom is -0.0984 e. The van der Waals surface area contributed by atoms with Crippen LogP contribution in [0.25, 0.3) is 17.2 Å². The largest absolute Gasteiger partial charge is 0.0984 e. The summed E-state index contributed by atoms with van der Waals surface area (Å²) in [6.45, 7) is 13.1. The fourth-order valence-electron chi connectivity index (χ4n) is 3.95. The van der Waals surface area contributed by atoms with Gasteiger partial charge in [-0.25, -0.2) is 0 Å². The molecule has 0 bridgehead atoms. The second kappa shape index (κ2) is 5.18. The molecule has 0 heterocycles. The van der Waals surface area contributed by atoms with Gasteiger partial charge in [-0.1, -0.05) is 37.8 Å². The molecule has 2 aromatic carbocycles. The first-order valence-electron chi connectivity index (χ1n) is 7.96. The first-order valence-corrected chi connectivity index (χ1v) is 7.96. The number of fused-ring (bicyclic) bond motifs is 3. The summed E-state index contributed by atoms with van der Waals surface area (Å²) in [5, 5.41) is 0. The molecule has 3 rings (SSSR count). The zero-order valence-electron chi connectivity index (χ0n) is 13.6. The maximum absolute atomic E-state index is 4.04. The summed E-state index contributed by atoms with van der Waals surface area (Å²) in [5.74, 6) is 0. The molecular weight excluding hydrogens is 252 g/mol. The molecule has 0 atom stereocenters. The fraction of sp³-hybridized carbons (Fsp3) is 0.333. The zero-order valence-corrected chi connectivity index (χ0v) is 13.6. The summed E-state index contributed by atoms with van der Waals surface area (Å²) in [5.41, 5.74) is 13.1.